The number of ether oxygens (including phenoxy) is 2. The Labute approximate surface area is 89.0 Å². The van der Waals surface area contributed by atoms with Crippen LogP contribution in [-0.4, -0.2) is 19.2 Å². The van der Waals surface area contributed by atoms with E-state index in [0.29, 0.717) is 13.1 Å². The van der Waals surface area contributed by atoms with Crippen LogP contribution in [0.5, 0.6) is 0 Å². The molecule has 2 atom stereocenters. The molecule has 0 spiro atoms. The molecule has 2 rings (SSSR count). The third kappa shape index (κ3) is 2.57. The lowest BCUT2D eigenvalue weighted by atomic mass is 9.99. The van der Waals surface area contributed by atoms with E-state index >= 15 is 0 Å². The smallest absolute Gasteiger partial charge is 0.293 e. The van der Waals surface area contributed by atoms with E-state index in [0.717, 1.165) is 18.4 Å². The van der Waals surface area contributed by atoms with Gasteiger partial charge < -0.3 is 9.47 Å². The van der Waals surface area contributed by atoms with Crippen LogP contribution >= 0.6 is 0 Å². The Morgan fingerprint density at radius 3 is 2.87 bits per heavy atom. The zero-order valence-electron chi connectivity index (χ0n) is 8.46. The van der Waals surface area contributed by atoms with Gasteiger partial charge in [-0.05, 0) is 5.56 Å². The summed E-state index contributed by atoms with van der Waals surface area (Å²) in [7, 11) is 0. The fourth-order valence-electron chi connectivity index (χ4n) is 1.87. The van der Waals surface area contributed by atoms with Gasteiger partial charge in [0.05, 0.1) is 12.7 Å². The van der Waals surface area contributed by atoms with Crippen LogP contribution in [0.25, 0.3) is 0 Å². The van der Waals surface area contributed by atoms with Crippen LogP contribution in [0.1, 0.15) is 24.5 Å². The molecule has 1 heterocycles. The highest BCUT2D eigenvalue weighted by Gasteiger charge is 2.24. The van der Waals surface area contributed by atoms with Crippen molar-refractivity contribution < 1.29 is 14.3 Å². The van der Waals surface area contributed by atoms with Crippen molar-refractivity contribution in [3.8, 4) is 0 Å². The van der Waals surface area contributed by atoms with E-state index in [1.807, 2.05) is 30.3 Å². The minimum atomic E-state index is 0.00135. The Hall–Kier alpha value is -1.35. The molecule has 1 fully saturated rings. The second kappa shape index (κ2) is 4.94. The van der Waals surface area contributed by atoms with Crippen molar-refractivity contribution in [1.29, 1.82) is 0 Å². The van der Waals surface area contributed by atoms with Gasteiger partial charge in [-0.3, -0.25) is 4.79 Å². The molecule has 15 heavy (non-hydrogen) atoms. The highest BCUT2D eigenvalue weighted by Crippen LogP contribution is 2.28. The zero-order chi connectivity index (χ0) is 10.5. The van der Waals surface area contributed by atoms with E-state index in [4.69, 9.17) is 9.47 Å². The molecule has 2 unspecified atom stereocenters. The third-order valence-corrected chi connectivity index (χ3v) is 2.66. The van der Waals surface area contributed by atoms with Crippen molar-refractivity contribution in [3.05, 3.63) is 35.9 Å². The van der Waals surface area contributed by atoms with Gasteiger partial charge >= 0.3 is 0 Å². The van der Waals surface area contributed by atoms with Crippen molar-refractivity contribution in [2.45, 2.75) is 25.0 Å². The highest BCUT2D eigenvalue weighted by atomic mass is 16.5. The van der Waals surface area contributed by atoms with E-state index in [1.54, 1.807) is 0 Å². The molecule has 80 valence electrons. The molecule has 3 nitrogen and oxygen atoms in total. The summed E-state index contributed by atoms with van der Waals surface area (Å²) in [5, 5.41) is 0. The minimum Gasteiger partial charge on any atom is -0.464 e. The first-order valence-electron chi connectivity index (χ1n) is 5.16. The first-order chi connectivity index (χ1) is 7.40. The average molecular weight is 206 g/mol. The van der Waals surface area contributed by atoms with Crippen molar-refractivity contribution in [2.24, 2.45) is 0 Å². The van der Waals surface area contributed by atoms with E-state index in [9.17, 15) is 4.79 Å². The summed E-state index contributed by atoms with van der Waals surface area (Å²) in [4.78, 5) is 10.3. The fourth-order valence-corrected chi connectivity index (χ4v) is 1.87. The van der Waals surface area contributed by atoms with Crippen LogP contribution in [0, 0.1) is 0 Å². The molecule has 1 aliphatic heterocycles. The Balaban J connectivity index is 2.01. The molecular formula is C12H14O3. The first kappa shape index (κ1) is 10.2. The first-order valence-corrected chi connectivity index (χ1v) is 5.16. The van der Waals surface area contributed by atoms with Crippen LogP contribution in [-0.2, 0) is 14.3 Å². The molecule has 0 radical (unpaired) electrons. The summed E-state index contributed by atoms with van der Waals surface area (Å²) in [5.41, 5.74) is 1.15. The van der Waals surface area contributed by atoms with Gasteiger partial charge in [0.15, 0.2) is 0 Å². The van der Waals surface area contributed by atoms with Crippen LogP contribution in [0.2, 0.25) is 0 Å². The van der Waals surface area contributed by atoms with Crippen LogP contribution < -0.4 is 0 Å². The number of rotatable bonds is 3. The maximum absolute atomic E-state index is 10.3. The highest BCUT2D eigenvalue weighted by molar-refractivity contribution is 5.37. The lowest BCUT2D eigenvalue weighted by molar-refractivity contribution is -0.141. The van der Waals surface area contributed by atoms with Crippen LogP contribution in [0.4, 0.5) is 0 Å². The summed E-state index contributed by atoms with van der Waals surface area (Å²) in [5.74, 6) is 0. The molecule has 0 aliphatic carbocycles. The van der Waals surface area contributed by atoms with Gasteiger partial charge in [-0.1, -0.05) is 30.3 Å². The maximum atomic E-state index is 10.3. The molecule has 1 aliphatic rings. The molecular weight excluding hydrogens is 192 g/mol. The normalized spacial score (nSPS) is 25.9. The monoisotopic (exact) mass is 206 g/mol. The van der Waals surface area contributed by atoms with Crippen molar-refractivity contribution >= 4 is 6.47 Å². The molecule has 1 aromatic carbocycles. The molecule has 3 heteroatoms. The lowest BCUT2D eigenvalue weighted by Crippen LogP contribution is -2.25. The van der Waals surface area contributed by atoms with E-state index in [2.05, 4.69) is 0 Å². The average Bonchev–Trinajstić information content (AvgIpc) is 2.31. The summed E-state index contributed by atoms with van der Waals surface area (Å²) < 4.78 is 10.6. The van der Waals surface area contributed by atoms with Gasteiger partial charge in [-0.2, -0.15) is 0 Å². The number of carbonyl (C=O) groups excluding carboxylic acids is 1. The molecule has 1 saturated heterocycles. The predicted molar refractivity (Wildman–Crippen MR) is 55.3 cm³/mol. The van der Waals surface area contributed by atoms with Gasteiger partial charge in [0, 0.05) is 12.8 Å². The topological polar surface area (TPSA) is 35.5 Å². The molecule has 0 saturated carbocycles. The number of benzene rings is 1. The second-order valence-corrected chi connectivity index (χ2v) is 3.65. The number of hydrogen-bond acceptors (Lipinski definition) is 3. The van der Waals surface area contributed by atoms with Crippen LogP contribution in [0.3, 0.4) is 0 Å². The van der Waals surface area contributed by atoms with Crippen molar-refractivity contribution in [3.63, 3.8) is 0 Å². The maximum Gasteiger partial charge on any atom is 0.293 e. The Kier molecular flexibility index (Phi) is 3.35. The summed E-state index contributed by atoms with van der Waals surface area (Å²) in [6.45, 7) is 1.18. The largest absolute Gasteiger partial charge is 0.464 e. The SMILES string of the molecule is O=COC1CCOC(c2ccccc2)C1. The third-order valence-electron chi connectivity index (χ3n) is 2.66. The molecule has 1 aromatic rings. The van der Waals surface area contributed by atoms with Crippen molar-refractivity contribution in [1.82, 2.24) is 0 Å². The summed E-state index contributed by atoms with van der Waals surface area (Å²) in [6.07, 6.45) is 1.61. The number of hydrogen-bond donors (Lipinski definition) is 0. The van der Waals surface area contributed by atoms with Gasteiger partial charge in [-0.25, -0.2) is 0 Å². The number of carbonyl (C=O) groups is 1. The lowest BCUT2D eigenvalue weighted by Gasteiger charge is -2.28. The Morgan fingerprint density at radius 1 is 1.33 bits per heavy atom. The van der Waals surface area contributed by atoms with E-state index < -0.39 is 0 Å². The second-order valence-electron chi connectivity index (χ2n) is 3.65. The van der Waals surface area contributed by atoms with Gasteiger partial charge in [0.1, 0.15) is 6.10 Å². The van der Waals surface area contributed by atoms with Gasteiger partial charge in [0.2, 0.25) is 0 Å². The van der Waals surface area contributed by atoms with E-state index in [-0.39, 0.29) is 12.2 Å². The zero-order valence-corrected chi connectivity index (χ0v) is 8.46. The minimum absolute atomic E-state index is 0.00135. The Morgan fingerprint density at radius 2 is 2.13 bits per heavy atom. The van der Waals surface area contributed by atoms with Gasteiger partial charge in [0.25, 0.3) is 6.47 Å². The van der Waals surface area contributed by atoms with Gasteiger partial charge in [-0.15, -0.1) is 0 Å². The molecule has 0 amide bonds. The molecule has 0 aromatic heterocycles. The summed E-state index contributed by atoms with van der Waals surface area (Å²) >= 11 is 0. The Bertz CT molecular complexity index is 310. The quantitative estimate of drug-likeness (QED) is 0.710. The predicted octanol–water partition coefficient (Wildman–Crippen LogP) is 2.08. The standard InChI is InChI=1S/C12H14O3/c13-9-15-11-6-7-14-12(8-11)10-4-2-1-3-5-10/h1-5,9,11-12H,6-8H2. The molecule has 0 bridgehead atoms. The van der Waals surface area contributed by atoms with Crippen molar-refractivity contribution in [2.75, 3.05) is 6.61 Å². The van der Waals surface area contributed by atoms with Crippen LogP contribution in [0.15, 0.2) is 30.3 Å². The fraction of sp³-hybridized carbons (Fsp3) is 0.417. The van der Waals surface area contributed by atoms with E-state index in [1.165, 1.54) is 0 Å². The molecule has 0 N–H and O–H groups in total. The summed E-state index contributed by atoms with van der Waals surface area (Å²) in [6, 6.07) is 10.0.